The predicted molar refractivity (Wildman–Crippen MR) is 55.8 cm³/mol. The van der Waals surface area contributed by atoms with Crippen molar-refractivity contribution >= 4 is 0 Å². The van der Waals surface area contributed by atoms with Gasteiger partial charge in [-0.3, -0.25) is 0 Å². The molecule has 3 nitrogen and oxygen atoms in total. The summed E-state index contributed by atoms with van der Waals surface area (Å²) in [7, 11) is 0. The maximum atomic E-state index is 5.50. The van der Waals surface area contributed by atoms with E-state index in [4.69, 9.17) is 4.74 Å². The van der Waals surface area contributed by atoms with Gasteiger partial charge >= 0.3 is 0 Å². The molecule has 0 spiro atoms. The van der Waals surface area contributed by atoms with E-state index in [2.05, 4.69) is 48.6 Å². The van der Waals surface area contributed by atoms with Crippen molar-refractivity contribution in [2.45, 2.75) is 53.0 Å². The van der Waals surface area contributed by atoms with Crippen LogP contribution in [0.2, 0.25) is 0 Å². The topological polar surface area (TPSA) is 18.0 Å². The fourth-order valence-electron chi connectivity index (χ4n) is 1.22. The highest BCUT2D eigenvalue weighted by atomic mass is 16.5. The Bertz CT molecular complexity index is 256. The molecule has 0 saturated carbocycles. The molecule has 0 aromatic carbocycles. The molecule has 1 heterocycles. The number of hydrogen-bond acceptors (Lipinski definition) is 1. The number of rotatable bonds is 6. The fourth-order valence-corrected chi connectivity index (χ4v) is 1.22. The summed E-state index contributed by atoms with van der Waals surface area (Å²) < 4.78 is 9.76. The van der Waals surface area contributed by atoms with Crippen molar-refractivity contribution in [3.63, 3.8) is 0 Å². The lowest BCUT2D eigenvalue weighted by Crippen LogP contribution is -2.33. The third-order valence-electron chi connectivity index (χ3n) is 2.07. The van der Waals surface area contributed by atoms with E-state index in [0.29, 0.717) is 12.8 Å². The van der Waals surface area contributed by atoms with Crippen molar-refractivity contribution in [1.29, 1.82) is 0 Å². The van der Waals surface area contributed by atoms with Crippen LogP contribution in [0.4, 0.5) is 0 Å². The summed E-state index contributed by atoms with van der Waals surface area (Å²) in [5, 5.41) is 0. The van der Waals surface area contributed by atoms with Crippen molar-refractivity contribution in [2.75, 3.05) is 0 Å². The van der Waals surface area contributed by atoms with Gasteiger partial charge in [0.1, 0.15) is 12.4 Å². The van der Waals surface area contributed by atoms with Crippen molar-refractivity contribution in [3.8, 4) is 0 Å². The van der Waals surface area contributed by atoms with Gasteiger partial charge in [0.15, 0.2) is 6.73 Å². The molecule has 3 heteroatoms. The van der Waals surface area contributed by atoms with Crippen molar-refractivity contribution in [2.24, 2.45) is 0 Å². The third kappa shape index (κ3) is 3.92. The van der Waals surface area contributed by atoms with Crippen LogP contribution in [0.25, 0.3) is 0 Å². The minimum absolute atomic E-state index is 0.293. The molecule has 80 valence electrons. The van der Waals surface area contributed by atoms with Crippen LogP contribution in [0.5, 0.6) is 0 Å². The molecule has 0 aliphatic carbocycles. The molecule has 1 aromatic heterocycles. The summed E-state index contributed by atoms with van der Waals surface area (Å²) in [6.45, 7) is 8.06. The van der Waals surface area contributed by atoms with Gasteiger partial charge in [0, 0.05) is 0 Å². The van der Waals surface area contributed by atoms with Crippen LogP contribution >= 0.6 is 0 Å². The second kappa shape index (κ2) is 5.81. The number of nitrogens with zero attached hydrogens (tertiary/aromatic N) is 2. The maximum absolute atomic E-state index is 5.50. The van der Waals surface area contributed by atoms with E-state index in [9.17, 15) is 0 Å². The van der Waals surface area contributed by atoms with Gasteiger partial charge in [0.05, 0.1) is 12.6 Å². The van der Waals surface area contributed by atoms with Gasteiger partial charge in [-0.15, -0.1) is 0 Å². The van der Waals surface area contributed by atoms with E-state index >= 15 is 0 Å². The van der Waals surface area contributed by atoms with E-state index in [1.165, 1.54) is 12.8 Å². The predicted octanol–water partition coefficient (Wildman–Crippen LogP) is 1.96. The number of aromatic nitrogens is 2. The second-order valence-electron chi connectivity index (χ2n) is 3.86. The van der Waals surface area contributed by atoms with Crippen LogP contribution in [-0.2, 0) is 18.0 Å². The zero-order valence-electron chi connectivity index (χ0n) is 9.44. The quantitative estimate of drug-likeness (QED) is 0.637. The summed E-state index contributed by atoms with van der Waals surface area (Å²) in [6, 6.07) is 0. The van der Waals surface area contributed by atoms with Crippen molar-refractivity contribution in [3.05, 3.63) is 18.7 Å². The number of aryl methyl sites for hydroxylation is 1. The third-order valence-corrected chi connectivity index (χ3v) is 2.07. The van der Waals surface area contributed by atoms with E-state index in [-0.39, 0.29) is 0 Å². The number of imidazole rings is 1. The van der Waals surface area contributed by atoms with E-state index in [0.717, 1.165) is 6.54 Å². The maximum Gasteiger partial charge on any atom is 0.245 e. The smallest absolute Gasteiger partial charge is 0.245 e. The van der Waals surface area contributed by atoms with Gasteiger partial charge in [-0.1, -0.05) is 13.3 Å². The first-order valence-corrected chi connectivity index (χ1v) is 5.38. The van der Waals surface area contributed by atoms with E-state index in [1.807, 2.05) is 0 Å². The molecule has 1 rings (SSSR count). The molecule has 14 heavy (non-hydrogen) atoms. The van der Waals surface area contributed by atoms with Gasteiger partial charge in [0.25, 0.3) is 0 Å². The van der Waals surface area contributed by atoms with E-state index in [1.54, 1.807) is 0 Å². The van der Waals surface area contributed by atoms with Gasteiger partial charge in [-0.25, -0.2) is 9.13 Å². The number of unbranched alkanes of at least 4 members (excludes halogenated alkanes) is 1. The van der Waals surface area contributed by atoms with Gasteiger partial charge in [-0.2, -0.15) is 0 Å². The number of hydrogen-bond donors (Lipinski definition) is 0. The molecular formula is C11H21N2O+. The first-order valence-electron chi connectivity index (χ1n) is 5.38. The molecule has 0 aliphatic heterocycles. The van der Waals surface area contributed by atoms with Crippen LogP contribution in [0.15, 0.2) is 18.7 Å². The Balaban J connectivity index is 2.35. The van der Waals surface area contributed by atoms with Crippen LogP contribution in [0.3, 0.4) is 0 Å². The van der Waals surface area contributed by atoms with Crippen LogP contribution in [0, 0.1) is 0 Å². The molecule has 0 bridgehead atoms. The molecule has 0 unspecified atom stereocenters. The normalized spacial score (nSPS) is 11.1. The lowest BCUT2D eigenvalue weighted by atomic mass is 10.3. The highest BCUT2D eigenvalue weighted by molar-refractivity contribution is 4.65. The lowest BCUT2D eigenvalue weighted by Gasteiger charge is -2.03. The molecule has 0 aliphatic rings. The van der Waals surface area contributed by atoms with Crippen molar-refractivity contribution < 1.29 is 9.30 Å². The van der Waals surface area contributed by atoms with Crippen molar-refractivity contribution in [1.82, 2.24) is 4.57 Å². The Morgan fingerprint density at radius 2 is 2.21 bits per heavy atom. The Morgan fingerprint density at radius 3 is 2.86 bits per heavy atom. The van der Waals surface area contributed by atoms with Gasteiger partial charge in [-0.05, 0) is 20.3 Å². The Labute approximate surface area is 86.3 Å². The molecule has 0 N–H and O–H groups in total. The monoisotopic (exact) mass is 197 g/mol. The highest BCUT2D eigenvalue weighted by Gasteiger charge is 2.03. The van der Waals surface area contributed by atoms with Crippen LogP contribution in [0.1, 0.15) is 33.6 Å². The zero-order valence-corrected chi connectivity index (χ0v) is 9.44. The Morgan fingerprint density at radius 1 is 1.43 bits per heavy atom. The summed E-state index contributed by atoms with van der Waals surface area (Å²) in [5.41, 5.74) is 0. The minimum atomic E-state index is 0.293. The molecule has 1 aromatic rings. The molecule has 0 amide bonds. The summed E-state index contributed by atoms with van der Waals surface area (Å²) >= 11 is 0. The molecule has 0 atom stereocenters. The SMILES string of the molecule is CCCCn1cc[n+](COC(C)C)c1. The van der Waals surface area contributed by atoms with Gasteiger partial charge in [0.2, 0.25) is 6.33 Å². The lowest BCUT2D eigenvalue weighted by molar-refractivity contribution is -0.734. The molecule has 0 fully saturated rings. The molecular weight excluding hydrogens is 176 g/mol. The van der Waals surface area contributed by atoms with E-state index < -0.39 is 0 Å². The summed E-state index contributed by atoms with van der Waals surface area (Å²) in [5.74, 6) is 0. The fraction of sp³-hybridized carbons (Fsp3) is 0.727. The summed E-state index contributed by atoms with van der Waals surface area (Å²) in [4.78, 5) is 0. The second-order valence-corrected chi connectivity index (χ2v) is 3.86. The first kappa shape index (κ1) is 11.2. The van der Waals surface area contributed by atoms with Crippen LogP contribution < -0.4 is 4.57 Å². The molecule has 0 saturated heterocycles. The number of ether oxygens (including phenoxy) is 1. The molecule has 0 radical (unpaired) electrons. The Kier molecular flexibility index (Phi) is 4.66. The zero-order chi connectivity index (χ0) is 10.4. The average molecular weight is 197 g/mol. The summed E-state index contributed by atoms with van der Waals surface area (Å²) in [6.07, 6.45) is 9.01. The Hall–Kier alpha value is -0.830. The average Bonchev–Trinajstić information content (AvgIpc) is 2.59. The largest absolute Gasteiger partial charge is 0.339 e. The highest BCUT2D eigenvalue weighted by Crippen LogP contribution is 1.93. The standard InChI is InChI=1S/C11H21N2O/c1-4-5-6-12-7-8-13(9-12)10-14-11(2)3/h7-9,11H,4-6,10H2,1-3H3/q+1. The minimum Gasteiger partial charge on any atom is -0.339 e. The van der Waals surface area contributed by atoms with Crippen LogP contribution in [-0.4, -0.2) is 10.7 Å². The first-order chi connectivity index (χ1) is 6.72. The van der Waals surface area contributed by atoms with Gasteiger partial charge < -0.3 is 4.74 Å².